The molecule has 0 N–H and O–H groups in total. The van der Waals surface area contributed by atoms with E-state index >= 15 is 0 Å². The van der Waals surface area contributed by atoms with Crippen molar-refractivity contribution < 1.29 is 19.0 Å². The smallest absolute Gasteiger partial charge is 0.308 e. The average Bonchev–Trinajstić information content (AvgIpc) is 2.02. The molecular formula is C9H16O4. The topological polar surface area (TPSA) is 44.8 Å². The molecule has 0 spiro atoms. The van der Waals surface area contributed by atoms with Crippen LogP contribution in [0.3, 0.4) is 0 Å². The Bertz CT molecular complexity index is 188. The van der Waals surface area contributed by atoms with Crippen molar-refractivity contribution in [1.82, 2.24) is 0 Å². The molecule has 0 aromatic heterocycles. The van der Waals surface area contributed by atoms with E-state index in [0.29, 0.717) is 13.0 Å². The predicted octanol–water partition coefficient (Wildman–Crippen LogP) is 1.09. The molecule has 1 aliphatic heterocycles. The summed E-state index contributed by atoms with van der Waals surface area (Å²) in [5.41, 5.74) is 0. The molecule has 76 valence electrons. The standard InChI is InChI=1S/C9H16O4/c1-9(2)12-5-4-7(13-9)6-8(10)11-3/h7H,4-6H2,1-3H3. The quantitative estimate of drug-likeness (QED) is 0.608. The molecule has 0 bridgehead atoms. The van der Waals surface area contributed by atoms with Crippen molar-refractivity contribution in [2.45, 2.75) is 38.6 Å². The van der Waals surface area contributed by atoms with Gasteiger partial charge >= 0.3 is 5.97 Å². The lowest BCUT2D eigenvalue weighted by Crippen LogP contribution is -2.40. The summed E-state index contributed by atoms with van der Waals surface area (Å²) in [6.45, 7) is 4.32. The van der Waals surface area contributed by atoms with Gasteiger partial charge in [-0.05, 0) is 20.3 Å². The third-order valence-corrected chi connectivity index (χ3v) is 1.96. The molecule has 1 saturated heterocycles. The Balaban J connectivity index is 2.39. The summed E-state index contributed by atoms with van der Waals surface area (Å²) in [6.07, 6.45) is 0.984. The number of esters is 1. The lowest BCUT2D eigenvalue weighted by molar-refractivity contribution is -0.273. The first kappa shape index (κ1) is 10.5. The van der Waals surface area contributed by atoms with Gasteiger partial charge in [-0.3, -0.25) is 4.79 Å². The van der Waals surface area contributed by atoms with E-state index in [1.54, 1.807) is 0 Å². The Morgan fingerprint density at radius 3 is 2.85 bits per heavy atom. The fourth-order valence-corrected chi connectivity index (χ4v) is 1.34. The number of carbonyl (C=O) groups is 1. The van der Waals surface area contributed by atoms with Gasteiger partial charge in [-0.25, -0.2) is 0 Å². The van der Waals surface area contributed by atoms with Gasteiger partial charge in [-0.2, -0.15) is 0 Å². The molecule has 0 aromatic rings. The van der Waals surface area contributed by atoms with Crippen molar-refractivity contribution in [3.8, 4) is 0 Å². The van der Waals surface area contributed by atoms with Crippen molar-refractivity contribution in [1.29, 1.82) is 0 Å². The van der Waals surface area contributed by atoms with Crippen LogP contribution in [0.5, 0.6) is 0 Å². The molecule has 0 radical (unpaired) electrons. The number of methoxy groups -OCH3 is 1. The molecule has 0 aliphatic carbocycles. The maximum atomic E-state index is 10.9. The lowest BCUT2D eigenvalue weighted by Gasteiger charge is -2.35. The molecule has 13 heavy (non-hydrogen) atoms. The van der Waals surface area contributed by atoms with E-state index < -0.39 is 5.79 Å². The number of carbonyl (C=O) groups excluding carboxylic acids is 1. The highest BCUT2D eigenvalue weighted by atomic mass is 16.7. The Morgan fingerprint density at radius 1 is 1.62 bits per heavy atom. The number of hydrogen-bond donors (Lipinski definition) is 0. The van der Waals surface area contributed by atoms with Gasteiger partial charge in [0.15, 0.2) is 5.79 Å². The molecule has 1 atom stereocenters. The van der Waals surface area contributed by atoms with Crippen molar-refractivity contribution in [2.75, 3.05) is 13.7 Å². The van der Waals surface area contributed by atoms with Gasteiger partial charge in [-0.15, -0.1) is 0 Å². The second-order valence-electron chi connectivity index (χ2n) is 3.56. The highest BCUT2D eigenvalue weighted by Crippen LogP contribution is 2.23. The molecule has 1 aliphatic rings. The zero-order valence-electron chi connectivity index (χ0n) is 8.33. The summed E-state index contributed by atoms with van der Waals surface area (Å²) in [6, 6.07) is 0. The van der Waals surface area contributed by atoms with Gasteiger partial charge in [0.05, 0.1) is 26.2 Å². The van der Waals surface area contributed by atoms with Crippen molar-refractivity contribution >= 4 is 5.97 Å². The summed E-state index contributed by atoms with van der Waals surface area (Å²) >= 11 is 0. The van der Waals surface area contributed by atoms with Crippen LogP contribution < -0.4 is 0 Å². The first-order valence-corrected chi connectivity index (χ1v) is 4.42. The van der Waals surface area contributed by atoms with Crippen LogP contribution in [0.1, 0.15) is 26.7 Å². The van der Waals surface area contributed by atoms with Gasteiger partial charge in [-0.1, -0.05) is 0 Å². The van der Waals surface area contributed by atoms with Crippen molar-refractivity contribution in [3.05, 3.63) is 0 Å². The number of hydrogen-bond acceptors (Lipinski definition) is 4. The Morgan fingerprint density at radius 2 is 2.31 bits per heavy atom. The van der Waals surface area contributed by atoms with Crippen LogP contribution in [0.25, 0.3) is 0 Å². The minimum absolute atomic E-state index is 0.0730. The fraction of sp³-hybridized carbons (Fsp3) is 0.889. The SMILES string of the molecule is COC(=O)CC1CCOC(C)(C)O1. The zero-order chi connectivity index (χ0) is 9.90. The highest BCUT2D eigenvalue weighted by Gasteiger charge is 2.30. The Labute approximate surface area is 78.2 Å². The number of rotatable bonds is 2. The first-order chi connectivity index (χ1) is 6.03. The van der Waals surface area contributed by atoms with E-state index in [1.165, 1.54) is 7.11 Å². The molecule has 4 heteroatoms. The number of ether oxygens (including phenoxy) is 3. The maximum Gasteiger partial charge on any atom is 0.308 e. The van der Waals surface area contributed by atoms with Gasteiger partial charge < -0.3 is 14.2 Å². The molecule has 0 amide bonds. The summed E-state index contributed by atoms with van der Waals surface area (Å²) in [4.78, 5) is 10.9. The minimum Gasteiger partial charge on any atom is -0.469 e. The molecular weight excluding hydrogens is 172 g/mol. The van der Waals surface area contributed by atoms with Crippen LogP contribution in [0, 0.1) is 0 Å². The predicted molar refractivity (Wildman–Crippen MR) is 46.2 cm³/mol. The Kier molecular flexibility index (Phi) is 3.27. The van der Waals surface area contributed by atoms with Gasteiger partial charge in [0.1, 0.15) is 0 Å². The fourth-order valence-electron chi connectivity index (χ4n) is 1.34. The molecule has 0 saturated carbocycles. The summed E-state index contributed by atoms with van der Waals surface area (Å²) in [5, 5.41) is 0. The van der Waals surface area contributed by atoms with Gasteiger partial charge in [0, 0.05) is 0 Å². The summed E-state index contributed by atoms with van der Waals surface area (Å²) < 4.78 is 15.4. The molecule has 1 heterocycles. The third kappa shape index (κ3) is 3.32. The van der Waals surface area contributed by atoms with E-state index in [0.717, 1.165) is 6.42 Å². The van der Waals surface area contributed by atoms with Crippen molar-refractivity contribution in [2.24, 2.45) is 0 Å². The maximum absolute atomic E-state index is 10.9. The molecule has 4 nitrogen and oxygen atoms in total. The van der Waals surface area contributed by atoms with E-state index in [1.807, 2.05) is 13.8 Å². The van der Waals surface area contributed by atoms with Crippen LogP contribution in [0.15, 0.2) is 0 Å². The largest absolute Gasteiger partial charge is 0.469 e. The second-order valence-corrected chi connectivity index (χ2v) is 3.56. The first-order valence-electron chi connectivity index (χ1n) is 4.42. The molecule has 0 aromatic carbocycles. The lowest BCUT2D eigenvalue weighted by atomic mass is 10.1. The van der Waals surface area contributed by atoms with Crippen LogP contribution in [-0.2, 0) is 19.0 Å². The van der Waals surface area contributed by atoms with Gasteiger partial charge in [0.25, 0.3) is 0 Å². The summed E-state index contributed by atoms with van der Waals surface area (Å²) in [7, 11) is 1.38. The van der Waals surface area contributed by atoms with Crippen molar-refractivity contribution in [3.63, 3.8) is 0 Å². The highest BCUT2D eigenvalue weighted by molar-refractivity contribution is 5.69. The van der Waals surface area contributed by atoms with E-state index in [4.69, 9.17) is 9.47 Å². The minimum atomic E-state index is -0.572. The summed E-state index contributed by atoms with van der Waals surface area (Å²) in [5.74, 6) is -0.806. The zero-order valence-corrected chi connectivity index (χ0v) is 8.33. The monoisotopic (exact) mass is 188 g/mol. The molecule has 1 rings (SSSR count). The molecule has 1 fully saturated rings. The normalized spacial score (nSPS) is 26.8. The van der Waals surface area contributed by atoms with Crippen LogP contribution in [-0.4, -0.2) is 31.6 Å². The molecule has 1 unspecified atom stereocenters. The third-order valence-electron chi connectivity index (χ3n) is 1.96. The van der Waals surface area contributed by atoms with E-state index in [9.17, 15) is 4.79 Å². The van der Waals surface area contributed by atoms with Crippen LogP contribution in [0.4, 0.5) is 0 Å². The second kappa shape index (κ2) is 4.07. The van der Waals surface area contributed by atoms with Crippen LogP contribution >= 0.6 is 0 Å². The van der Waals surface area contributed by atoms with Gasteiger partial charge in [0.2, 0.25) is 0 Å². The van der Waals surface area contributed by atoms with Crippen LogP contribution in [0.2, 0.25) is 0 Å². The Hall–Kier alpha value is -0.610. The average molecular weight is 188 g/mol. The van der Waals surface area contributed by atoms with E-state index in [2.05, 4.69) is 4.74 Å². The van der Waals surface area contributed by atoms with E-state index in [-0.39, 0.29) is 12.1 Å².